The summed E-state index contributed by atoms with van der Waals surface area (Å²) in [6.45, 7) is 2.35. The molecule has 1 saturated heterocycles. The number of nitrogens with zero attached hydrogens (tertiary/aromatic N) is 1. The van der Waals surface area contributed by atoms with Gasteiger partial charge in [0.1, 0.15) is 18.5 Å². The molecule has 0 spiro atoms. The minimum atomic E-state index is -0.562. The van der Waals surface area contributed by atoms with Crippen molar-refractivity contribution in [1.29, 1.82) is 0 Å². The number of hydrogen-bond acceptors (Lipinski definition) is 4. The molecule has 2 aromatic rings. The molecule has 2 aromatic carbocycles. The van der Waals surface area contributed by atoms with Crippen LogP contribution in [0.2, 0.25) is 0 Å². The Morgan fingerprint density at radius 3 is 2.64 bits per heavy atom. The average molecular weight is 406 g/mol. The van der Waals surface area contributed by atoms with Gasteiger partial charge in [-0.2, -0.15) is 0 Å². The molecular formula is C20H24BrNO3. The third-order valence-corrected chi connectivity index (χ3v) is 5.12. The van der Waals surface area contributed by atoms with E-state index in [4.69, 9.17) is 4.74 Å². The molecule has 1 aliphatic heterocycles. The Morgan fingerprint density at radius 1 is 1.16 bits per heavy atom. The second-order valence-electron chi connectivity index (χ2n) is 6.52. The summed E-state index contributed by atoms with van der Waals surface area (Å²) in [5.41, 5.74) is 2.25. The normalized spacial score (nSPS) is 19.6. The SMILES string of the molecule is OC1CCCN(CC(O)COc2ccc(-c3ccccc3Br)cc2)C1. The Bertz CT molecular complexity index is 677. The van der Waals surface area contributed by atoms with E-state index in [2.05, 4.69) is 26.9 Å². The van der Waals surface area contributed by atoms with E-state index in [0.29, 0.717) is 13.1 Å². The van der Waals surface area contributed by atoms with Crippen molar-refractivity contribution in [3.63, 3.8) is 0 Å². The van der Waals surface area contributed by atoms with Crippen LogP contribution in [0.5, 0.6) is 5.75 Å². The zero-order chi connectivity index (χ0) is 17.6. The van der Waals surface area contributed by atoms with Gasteiger partial charge in [-0.1, -0.05) is 46.3 Å². The third kappa shape index (κ3) is 5.28. The van der Waals surface area contributed by atoms with Gasteiger partial charge in [0.25, 0.3) is 0 Å². The molecule has 134 valence electrons. The number of halogens is 1. The summed E-state index contributed by atoms with van der Waals surface area (Å²) in [6.07, 6.45) is 0.998. The molecule has 0 aliphatic carbocycles. The quantitative estimate of drug-likeness (QED) is 0.773. The van der Waals surface area contributed by atoms with E-state index < -0.39 is 6.10 Å². The van der Waals surface area contributed by atoms with Crippen LogP contribution in [-0.4, -0.2) is 53.6 Å². The van der Waals surface area contributed by atoms with E-state index in [0.717, 1.165) is 40.7 Å². The van der Waals surface area contributed by atoms with Gasteiger partial charge in [-0.25, -0.2) is 0 Å². The van der Waals surface area contributed by atoms with E-state index in [-0.39, 0.29) is 12.7 Å². The predicted molar refractivity (Wildman–Crippen MR) is 103 cm³/mol. The average Bonchev–Trinajstić information content (AvgIpc) is 2.61. The van der Waals surface area contributed by atoms with Gasteiger partial charge in [-0.05, 0) is 48.7 Å². The molecule has 25 heavy (non-hydrogen) atoms. The lowest BCUT2D eigenvalue weighted by atomic mass is 10.1. The minimum Gasteiger partial charge on any atom is -0.491 e. The zero-order valence-electron chi connectivity index (χ0n) is 14.1. The van der Waals surface area contributed by atoms with Crippen molar-refractivity contribution < 1.29 is 14.9 Å². The second-order valence-corrected chi connectivity index (χ2v) is 7.38. The molecule has 0 saturated carbocycles. The van der Waals surface area contributed by atoms with Crippen LogP contribution in [0.25, 0.3) is 11.1 Å². The molecule has 0 amide bonds. The summed E-state index contributed by atoms with van der Waals surface area (Å²) in [4.78, 5) is 2.10. The van der Waals surface area contributed by atoms with Crippen molar-refractivity contribution in [1.82, 2.24) is 4.90 Å². The van der Waals surface area contributed by atoms with Crippen molar-refractivity contribution in [3.05, 3.63) is 53.0 Å². The summed E-state index contributed by atoms with van der Waals surface area (Å²) in [5.74, 6) is 0.744. The van der Waals surface area contributed by atoms with E-state index in [1.165, 1.54) is 0 Å². The fourth-order valence-corrected chi connectivity index (χ4v) is 3.68. The first-order valence-corrected chi connectivity index (χ1v) is 9.47. The fourth-order valence-electron chi connectivity index (χ4n) is 3.17. The summed E-state index contributed by atoms with van der Waals surface area (Å²) in [5, 5.41) is 19.8. The molecule has 0 aromatic heterocycles. The van der Waals surface area contributed by atoms with Gasteiger partial charge < -0.3 is 14.9 Å². The number of aliphatic hydroxyl groups is 2. The van der Waals surface area contributed by atoms with Crippen LogP contribution in [0.15, 0.2) is 53.0 Å². The highest BCUT2D eigenvalue weighted by molar-refractivity contribution is 9.10. The first-order chi connectivity index (χ1) is 12.1. The summed E-state index contributed by atoms with van der Waals surface area (Å²) in [7, 11) is 0. The predicted octanol–water partition coefficient (Wildman–Crippen LogP) is 3.31. The fraction of sp³-hybridized carbons (Fsp3) is 0.400. The molecule has 4 nitrogen and oxygen atoms in total. The number of ether oxygens (including phenoxy) is 1. The maximum Gasteiger partial charge on any atom is 0.119 e. The van der Waals surface area contributed by atoms with E-state index in [9.17, 15) is 10.2 Å². The molecule has 1 fully saturated rings. The number of benzene rings is 2. The Kier molecular flexibility index (Phi) is 6.48. The molecule has 2 unspecified atom stereocenters. The van der Waals surface area contributed by atoms with Gasteiger partial charge in [0.05, 0.1) is 6.10 Å². The van der Waals surface area contributed by atoms with Crippen molar-refractivity contribution in [2.24, 2.45) is 0 Å². The standard InChI is InChI=1S/C20H24BrNO3/c21-20-6-2-1-5-19(20)15-7-9-18(10-8-15)25-14-17(24)13-22-11-3-4-16(23)12-22/h1-2,5-10,16-17,23-24H,3-4,11-14H2. The van der Waals surface area contributed by atoms with Crippen molar-refractivity contribution in [2.75, 3.05) is 26.2 Å². The number of β-amino-alcohol motifs (C(OH)–C–C–N with tert-alkyl or cyclic N) is 2. The van der Waals surface area contributed by atoms with Crippen molar-refractivity contribution >= 4 is 15.9 Å². The lowest BCUT2D eigenvalue weighted by Crippen LogP contribution is -2.43. The molecule has 2 N–H and O–H groups in total. The molecule has 1 aliphatic rings. The van der Waals surface area contributed by atoms with Crippen LogP contribution in [0.1, 0.15) is 12.8 Å². The molecule has 0 radical (unpaired) electrons. The highest BCUT2D eigenvalue weighted by Gasteiger charge is 2.20. The summed E-state index contributed by atoms with van der Waals surface area (Å²) < 4.78 is 6.76. The van der Waals surface area contributed by atoms with Crippen LogP contribution in [0, 0.1) is 0 Å². The molecule has 0 bridgehead atoms. The van der Waals surface area contributed by atoms with Crippen LogP contribution < -0.4 is 4.74 Å². The monoisotopic (exact) mass is 405 g/mol. The maximum atomic E-state index is 10.2. The van der Waals surface area contributed by atoms with Crippen LogP contribution in [-0.2, 0) is 0 Å². The van der Waals surface area contributed by atoms with Crippen molar-refractivity contribution in [2.45, 2.75) is 25.0 Å². The Morgan fingerprint density at radius 2 is 1.92 bits per heavy atom. The minimum absolute atomic E-state index is 0.251. The van der Waals surface area contributed by atoms with Crippen LogP contribution in [0.3, 0.4) is 0 Å². The smallest absolute Gasteiger partial charge is 0.119 e. The van der Waals surface area contributed by atoms with Gasteiger partial charge in [0.15, 0.2) is 0 Å². The number of hydrogen-bond donors (Lipinski definition) is 2. The van der Waals surface area contributed by atoms with E-state index >= 15 is 0 Å². The number of rotatable bonds is 6. The molecule has 2 atom stereocenters. The number of piperidine rings is 1. The number of likely N-dealkylation sites (tertiary alicyclic amines) is 1. The van der Waals surface area contributed by atoms with Gasteiger partial charge in [-0.3, -0.25) is 4.90 Å². The van der Waals surface area contributed by atoms with Gasteiger partial charge >= 0.3 is 0 Å². The van der Waals surface area contributed by atoms with Gasteiger partial charge in [-0.15, -0.1) is 0 Å². The topological polar surface area (TPSA) is 52.9 Å². The zero-order valence-corrected chi connectivity index (χ0v) is 15.7. The van der Waals surface area contributed by atoms with E-state index in [1.807, 2.05) is 42.5 Å². The largest absolute Gasteiger partial charge is 0.491 e. The van der Waals surface area contributed by atoms with Gasteiger partial charge in [0, 0.05) is 17.6 Å². The van der Waals surface area contributed by atoms with Crippen LogP contribution >= 0.6 is 15.9 Å². The Balaban J connectivity index is 1.51. The Labute approximate surface area is 157 Å². The maximum absolute atomic E-state index is 10.2. The first-order valence-electron chi connectivity index (χ1n) is 8.68. The molecule has 3 rings (SSSR count). The second kappa shape index (κ2) is 8.81. The van der Waals surface area contributed by atoms with Crippen LogP contribution in [0.4, 0.5) is 0 Å². The lowest BCUT2D eigenvalue weighted by molar-refractivity contribution is 0.0243. The molecule has 1 heterocycles. The lowest BCUT2D eigenvalue weighted by Gasteiger charge is -2.31. The highest BCUT2D eigenvalue weighted by Crippen LogP contribution is 2.29. The summed E-state index contributed by atoms with van der Waals surface area (Å²) in [6, 6.07) is 16.0. The Hall–Kier alpha value is -1.40. The highest BCUT2D eigenvalue weighted by atomic mass is 79.9. The third-order valence-electron chi connectivity index (χ3n) is 4.43. The molecular weight excluding hydrogens is 382 g/mol. The van der Waals surface area contributed by atoms with Crippen molar-refractivity contribution in [3.8, 4) is 16.9 Å². The molecule has 5 heteroatoms. The van der Waals surface area contributed by atoms with E-state index in [1.54, 1.807) is 0 Å². The number of aliphatic hydroxyl groups excluding tert-OH is 2. The van der Waals surface area contributed by atoms with Gasteiger partial charge in [0.2, 0.25) is 0 Å². The summed E-state index contributed by atoms with van der Waals surface area (Å²) >= 11 is 3.57. The first kappa shape index (κ1) is 18.4.